The average Bonchev–Trinajstić information content (AvgIpc) is 2.88. The van der Waals surface area contributed by atoms with Crippen LogP contribution >= 0.6 is 0 Å². The number of hydrogen-bond donors (Lipinski definition) is 9. The minimum absolute atomic E-state index is 0.0132. The second-order valence-electron chi connectivity index (χ2n) is 8.85. The molecule has 0 bridgehead atoms. The van der Waals surface area contributed by atoms with Crippen LogP contribution in [0.1, 0.15) is 50.5 Å². The number of nitrogens with one attached hydrogen (secondary N) is 2. The van der Waals surface area contributed by atoms with E-state index in [9.17, 15) is 28.8 Å². The van der Waals surface area contributed by atoms with E-state index in [-0.39, 0.29) is 32.1 Å². The number of nitrogens with two attached hydrogens (primary N) is 2. The Morgan fingerprint density at radius 3 is 1.73 bits per heavy atom. The van der Waals surface area contributed by atoms with Crippen molar-refractivity contribution in [1.29, 1.82) is 0 Å². The number of carboxylic acids is 5. The van der Waals surface area contributed by atoms with Crippen molar-refractivity contribution in [1.82, 2.24) is 10.6 Å². The first-order valence-corrected chi connectivity index (χ1v) is 12.4. The summed E-state index contributed by atoms with van der Waals surface area (Å²) in [6, 6.07) is 4.92. The topological polar surface area (TPSA) is 280 Å². The van der Waals surface area contributed by atoms with E-state index in [2.05, 4.69) is 10.6 Å². The predicted octanol–water partition coefficient (Wildman–Crippen LogP) is -0.533. The van der Waals surface area contributed by atoms with Crippen LogP contribution in [0.3, 0.4) is 0 Å². The Kier molecular flexibility index (Phi) is 17.9. The van der Waals surface area contributed by atoms with Crippen molar-refractivity contribution in [2.75, 3.05) is 6.54 Å². The van der Waals surface area contributed by atoms with Gasteiger partial charge in [-0.15, -0.1) is 0 Å². The van der Waals surface area contributed by atoms with Crippen LogP contribution in [0.25, 0.3) is 0 Å². The zero-order chi connectivity index (χ0) is 30.7. The van der Waals surface area contributed by atoms with Gasteiger partial charge in [-0.3, -0.25) is 24.0 Å². The quantitative estimate of drug-likeness (QED) is 0.0945. The van der Waals surface area contributed by atoms with Crippen molar-refractivity contribution in [3.63, 3.8) is 0 Å². The van der Waals surface area contributed by atoms with Gasteiger partial charge in [0.15, 0.2) is 0 Å². The van der Waals surface area contributed by atoms with Gasteiger partial charge in [0.1, 0.15) is 24.2 Å². The summed E-state index contributed by atoms with van der Waals surface area (Å²) >= 11 is 0. The molecule has 15 nitrogen and oxygen atoms in total. The molecule has 15 heteroatoms. The van der Waals surface area contributed by atoms with E-state index < -0.39 is 59.9 Å². The third kappa shape index (κ3) is 17.4. The third-order valence-electron chi connectivity index (χ3n) is 5.51. The molecule has 0 aliphatic carbocycles. The van der Waals surface area contributed by atoms with Crippen molar-refractivity contribution in [3.8, 4) is 0 Å². The summed E-state index contributed by atoms with van der Waals surface area (Å²) in [5.41, 5.74) is 11.4. The lowest BCUT2D eigenvalue weighted by Gasteiger charge is -2.15. The van der Waals surface area contributed by atoms with Gasteiger partial charge in [-0.1, -0.05) is 36.8 Å². The largest absolute Gasteiger partial charge is 0.481 e. The number of unbranched alkanes of at least 4 members (excludes halogenated alkanes) is 1. The molecule has 0 aliphatic heterocycles. The maximum Gasteiger partial charge on any atom is 0.326 e. The van der Waals surface area contributed by atoms with Crippen LogP contribution in [0.4, 0.5) is 0 Å². The Labute approximate surface area is 230 Å². The molecular formula is C25H38N4O11. The van der Waals surface area contributed by atoms with E-state index in [1.165, 1.54) is 0 Å². The molecule has 0 saturated heterocycles. The fourth-order valence-corrected chi connectivity index (χ4v) is 3.20. The number of hydrogen-bond acceptors (Lipinski definition) is 9. The van der Waals surface area contributed by atoms with E-state index in [0.717, 1.165) is 5.56 Å². The number of rotatable bonds is 19. The summed E-state index contributed by atoms with van der Waals surface area (Å²) in [5.74, 6) is -6.06. The molecule has 1 rings (SSSR count). The monoisotopic (exact) mass is 570 g/mol. The molecule has 0 fully saturated rings. The summed E-state index contributed by atoms with van der Waals surface area (Å²) in [6.45, 7) is 0.378. The molecule has 11 N–H and O–H groups in total. The average molecular weight is 571 g/mol. The molecule has 40 heavy (non-hydrogen) atoms. The maximum atomic E-state index is 11.7. The molecule has 1 aromatic rings. The summed E-state index contributed by atoms with van der Waals surface area (Å²) in [5, 5.41) is 48.7. The van der Waals surface area contributed by atoms with Gasteiger partial charge in [0, 0.05) is 19.3 Å². The second kappa shape index (κ2) is 19.9. The molecule has 4 atom stereocenters. The van der Waals surface area contributed by atoms with Crippen LogP contribution in [-0.2, 0) is 35.2 Å². The Bertz CT molecular complexity index is 975. The zero-order valence-corrected chi connectivity index (χ0v) is 21.9. The first-order chi connectivity index (χ1) is 18.7. The van der Waals surface area contributed by atoms with Crippen LogP contribution in [0, 0.1) is 0 Å². The number of carboxylic acid groups (broad SMARTS) is 5. The number of amides is 1. The van der Waals surface area contributed by atoms with E-state index in [4.69, 9.17) is 37.0 Å². The van der Waals surface area contributed by atoms with Gasteiger partial charge in [0.05, 0.1) is 0 Å². The van der Waals surface area contributed by atoms with Crippen molar-refractivity contribution in [3.05, 3.63) is 35.9 Å². The van der Waals surface area contributed by atoms with Crippen LogP contribution in [0.5, 0.6) is 0 Å². The second-order valence-corrected chi connectivity index (χ2v) is 8.85. The van der Waals surface area contributed by atoms with Gasteiger partial charge in [-0.25, -0.2) is 4.79 Å². The number of aliphatic carboxylic acids is 5. The first-order valence-electron chi connectivity index (χ1n) is 12.4. The van der Waals surface area contributed by atoms with Gasteiger partial charge in [0.2, 0.25) is 5.91 Å². The van der Waals surface area contributed by atoms with Crippen LogP contribution < -0.4 is 22.1 Å². The highest BCUT2D eigenvalue weighted by Crippen LogP contribution is 2.05. The Balaban J connectivity index is 0.000000765. The van der Waals surface area contributed by atoms with Crippen molar-refractivity contribution in [2.24, 2.45) is 11.5 Å². The lowest BCUT2D eigenvalue weighted by molar-refractivity contribution is -0.142. The van der Waals surface area contributed by atoms with Gasteiger partial charge >= 0.3 is 29.8 Å². The fourth-order valence-electron chi connectivity index (χ4n) is 3.20. The smallest absolute Gasteiger partial charge is 0.326 e. The van der Waals surface area contributed by atoms with E-state index in [1.807, 2.05) is 6.07 Å². The highest BCUT2D eigenvalue weighted by molar-refractivity contribution is 5.84. The maximum absolute atomic E-state index is 11.7. The van der Waals surface area contributed by atoms with Crippen molar-refractivity contribution in [2.45, 2.75) is 75.5 Å². The van der Waals surface area contributed by atoms with Gasteiger partial charge in [-0.05, 0) is 37.8 Å². The van der Waals surface area contributed by atoms with E-state index >= 15 is 0 Å². The van der Waals surface area contributed by atoms with Crippen LogP contribution in [0.15, 0.2) is 30.3 Å². The third-order valence-corrected chi connectivity index (χ3v) is 5.51. The molecule has 0 radical (unpaired) electrons. The summed E-state index contributed by atoms with van der Waals surface area (Å²) in [4.78, 5) is 64.9. The molecule has 0 spiro atoms. The van der Waals surface area contributed by atoms with Crippen molar-refractivity contribution >= 4 is 35.8 Å². The highest BCUT2D eigenvalue weighted by Gasteiger charge is 2.21. The molecule has 1 amide bonds. The minimum Gasteiger partial charge on any atom is -0.481 e. The molecular weight excluding hydrogens is 532 g/mol. The van der Waals surface area contributed by atoms with Crippen LogP contribution in [-0.4, -0.2) is 92.0 Å². The molecule has 0 aromatic heterocycles. The predicted molar refractivity (Wildman–Crippen MR) is 140 cm³/mol. The highest BCUT2D eigenvalue weighted by atomic mass is 16.4. The Morgan fingerprint density at radius 1 is 0.675 bits per heavy atom. The van der Waals surface area contributed by atoms with Crippen molar-refractivity contribution < 1.29 is 54.3 Å². The molecule has 0 aliphatic rings. The Morgan fingerprint density at radius 2 is 1.23 bits per heavy atom. The number of carbonyl (C=O) groups excluding carboxylic acids is 1. The van der Waals surface area contributed by atoms with Gasteiger partial charge < -0.3 is 47.6 Å². The summed E-state index contributed by atoms with van der Waals surface area (Å²) in [7, 11) is 0. The first kappa shape index (κ1) is 35.9. The van der Waals surface area contributed by atoms with E-state index in [1.54, 1.807) is 24.3 Å². The fraction of sp³-hybridized carbons (Fsp3) is 0.520. The SMILES string of the molecule is N[C@@H](CCC(=O)N[C@@H](Cc1ccccc1)C(=O)O)C(=O)O.N[C@@H](CCCCN[C@@H](CCC(=O)O)C(=O)O)C(=O)O. The molecule has 224 valence electrons. The molecule has 0 unspecified atom stereocenters. The normalized spacial score (nSPS) is 13.4. The molecule has 0 saturated carbocycles. The Hall–Kier alpha value is -4.08. The lowest BCUT2D eigenvalue weighted by atomic mass is 10.1. The number of carbonyl (C=O) groups is 6. The zero-order valence-electron chi connectivity index (χ0n) is 21.9. The minimum atomic E-state index is -1.19. The molecule has 1 aromatic carbocycles. The number of benzene rings is 1. The van der Waals surface area contributed by atoms with E-state index in [0.29, 0.717) is 25.8 Å². The van der Waals surface area contributed by atoms with Gasteiger partial charge in [-0.2, -0.15) is 0 Å². The molecule has 0 heterocycles. The van der Waals surface area contributed by atoms with Crippen LogP contribution in [0.2, 0.25) is 0 Å². The summed E-state index contributed by atoms with van der Waals surface area (Å²) < 4.78 is 0. The summed E-state index contributed by atoms with van der Waals surface area (Å²) in [6.07, 6.45) is 1.25. The lowest BCUT2D eigenvalue weighted by Crippen LogP contribution is -2.43. The standard InChI is InChI=1S/C14H18N2O5.C11H20N2O6/c15-10(13(18)19)6-7-12(17)16-11(14(20)21)8-9-4-2-1-3-5-9;12-7(10(16)17)3-1-2-6-13-8(11(18)19)4-5-9(14)15/h1-5,10-11H,6-8,15H2,(H,16,17)(H,18,19)(H,20,21);7-8,13H,1-6,12H2,(H,14,15)(H,16,17)(H,18,19)/t10-,11-;7-,8-/m00/s1. The van der Waals surface area contributed by atoms with Gasteiger partial charge in [0.25, 0.3) is 0 Å².